The van der Waals surface area contributed by atoms with E-state index in [1.807, 2.05) is 0 Å². The summed E-state index contributed by atoms with van der Waals surface area (Å²) in [4.78, 5) is 22.9. The number of aliphatic hydroxyl groups is 1. The Balaban J connectivity index is 1.85. The Hall–Kier alpha value is -1.36. The average molecular weight is 423 g/mol. The van der Waals surface area contributed by atoms with Crippen molar-refractivity contribution in [1.29, 1.82) is 0 Å². The SMILES string of the molecule is CC(=O)OCC(O)COC(=O)CC(C)CCC1=C(C)CCC2C(C)(C)CCCC12C. The molecule has 0 saturated heterocycles. The summed E-state index contributed by atoms with van der Waals surface area (Å²) in [5.41, 5.74) is 3.91. The van der Waals surface area contributed by atoms with Crippen molar-refractivity contribution in [2.75, 3.05) is 13.2 Å². The summed E-state index contributed by atoms with van der Waals surface area (Å²) in [6, 6.07) is 0. The maximum Gasteiger partial charge on any atom is 0.306 e. The summed E-state index contributed by atoms with van der Waals surface area (Å²) < 4.78 is 9.88. The molecule has 5 nitrogen and oxygen atoms in total. The third-order valence-electron chi connectivity index (χ3n) is 7.56. The van der Waals surface area contributed by atoms with Crippen LogP contribution in [0.25, 0.3) is 0 Å². The second kappa shape index (κ2) is 10.3. The number of rotatable bonds is 9. The molecule has 1 saturated carbocycles. The zero-order valence-corrected chi connectivity index (χ0v) is 19.9. The van der Waals surface area contributed by atoms with E-state index in [2.05, 4.69) is 34.6 Å². The lowest BCUT2D eigenvalue weighted by Gasteiger charge is -2.55. The van der Waals surface area contributed by atoms with Crippen molar-refractivity contribution in [3.8, 4) is 0 Å². The van der Waals surface area contributed by atoms with Crippen molar-refractivity contribution in [3.05, 3.63) is 11.1 Å². The van der Waals surface area contributed by atoms with Gasteiger partial charge in [-0.15, -0.1) is 0 Å². The molecule has 0 spiro atoms. The van der Waals surface area contributed by atoms with Gasteiger partial charge in [0.1, 0.15) is 19.3 Å². The zero-order chi connectivity index (χ0) is 22.5. The third-order valence-corrected chi connectivity index (χ3v) is 7.56. The Bertz CT molecular complexity index is 650. The van der Waals surface area contributed by atoms with Gasteiger partial charge >= 0.3 is 11.9 Å². The first-order valence-electron chi connectivity index (χ1n) is 11.6. The molecule has 2 aliphatic rings. The number of carbonyl (C=O) groups excluding carboxylic acids is 2. The van der Waals surface area contributed by atoms with Crippen LogP contribution in [0.3, 0.4) is 0 Å². The van der Waals surface area contributed by atoms with Crippen LogP contribution in [0.4, 0.5) is 0 Å². The van der Waals surface area contributed by atoms with Crippen LogP contribution in [0.1, 0.15) is 92.9 Å². The summed E-state index contributed by atoms with van der Waals surface area (Å²) in [7, 11) is 0. The molecule has 0 bridgehead atoms. The molecule has 0 heterocycles. The summed E-state index contributed by atoms with van der Waals surface area (Å²) in [5, 5.41) is 9.70. The molecule has 0 amide bonds. The molecule has 0 aromatic rings. The molecule has 1 N–H and O–H groups in total. The van der Waals surface area contributed by atoms with Gasteiger partial charge in [0.05, 0.1) is 0 Å². The van der Waals surface area contributed by atoms with Crippen LogP contribution < -0.4 is 0 Å². The second-order valence-electron chi connectivity index (χ2n) is 10.6. The Labute approximate surface area is 182 Å². The highest BCUT2D eigenvalue weighted by atomic mass is 16.6. The Morgan fingerprint density at radius 1 is 1.17 bits per heavy atom. The lowest BCUT2D eigenvalue weighted by molar-refractivity contribution is -0.151. The maximum atomic E-state index is 12.1. The number of aliphatic hydroxyl groups excluding tert-OH is 1. The number of esters is 2. The molecule has 2 aliphatic carbocycles. The summed E-state index contributed by atoms with van der Waals surface area (Å²) in [6.45, 7) is 12.8. The zero-order valence-electron chi connectivity index (χ0n) is 19.9. The van der Waals surface area contributed by atoms with Gasteiger partial charge in [-0.1, -0.05) is 45.3 Å². The Kier molecular flexibility index (Phi) is 8.55. The lowest BCUT2D eigenvalue weighted by Crippen LogP contribution is -2.45. The normalized spacial score (nSPS) is 27.8. The van der Waals surface area contributed by atoms with E-state index in [1.54, 1.807) is 11.1 Å². The lowest BCUT2D eigenvalue weighted by atomic mass is 9.50. The number of allylic oxidation sites excluding steroid dienone is 2. The molecular weight excluding hydrogens is 380 g/mol. The number of ether oxygens (including phenoxy) is 2. The summed E-state index contributed by atoms with van der Waals surface area (Å²) >= 11 is 0. The summed E-state index contributed by atoms with van der Waals surface area (Å²) in [5.74, 6) is 0.209. The van der Waals surface area contributed by atoms with Gasteiger partial charge in [-0.2, -0.15) is 0 Å². The van der Waals surface area contributed by atoms with Gasteiger partial charge in [0.2, 0.25) is 0 Å². The Morgan fingerprint density at radius 3 is 2.50 bits per heavy atom. The topological polar surface area (TPSA) is 72.8 Å². The molecule has 4 unspecified atom stereocenters. The van der Waals surface area contributed by atoms with Gasteiger partial charge in [-0.25, -0.2) is 0 Å². The van der Waals surface area contributed by atoms with Gasteiger partial charge in [0.25, 0.3) is 0 Å². The first kappa shape index (κ1) is 24.9. The second-order valence-corrected chi connectivity index (χ2v) is 10.6. The van der Waals surface area contributed by atoms with E-state index in [1.165, 1.54) is 39.0 Å². The van der Waals surface area contributed by atoms with Crippen LogP contribution in [0, 0.1) is 22.7 Å². The first-order chi connectivity index (χ1) is 14.0. The predicted octanol–water partition coefficient (Wildman–Crippen LogP) is 5.20. The standard InChI is InChI=1S/C25H42O5/c1-17(14-23(28)30-16-20(27)15-29-19(3)26)8-10-21-18(2)9-11-22-24(4,5)12-7-13-25(21,22)6/h17,20,22,27H,7-16H2,1-6H3. The number of fused-ring (bicyclic) bond motifs is 1. The van der Waals surface area contributed by atoms with E-state index < -0.39 is 12.1 Å². The van der Waals surface area contributed by atoms with E-state index in [-0.39, 0.29) is 25.1 Å². The van der Waals surface area contributed by atoms with Crippen LogP contribution in [0.5, 0.6) is 0 Å². The molecule has 0 radical (unpaired) electrons. The minimum Gasteiger partial charge on any atom is -0.463 e. The van der Waals surface area contributed by atoms with E-state index in [4.69, 9.17) is 9.47 Å². The highest BCUT2D eigenvalue weighted by Gasteiger charge is 2.49. The highest BCUT2D eigenvalue weighted by Crippen LogP contribution is 2.60. The first-order valence-corrected chi connectivity index (χ1v) is 11.6. The van der Waals surface area contributed by atoms with Crippen molar-refractivity contribution in [3.63, 3.8) is 0 Å². The number of hydrogen-bond donors (Lipinski definition) is 1. The average Bonchev–Trinajstić information content (AvgIpc) is 2.63. The predicted molar refractivity (Wildman–Crippen MR) is 118 cm³/mol. The molecule has 5 heteroatoms. The molecular formula is C25H42O5. The maximum absolute atomic E-state index is 12.1. The largest absolute Gasteiger partial charge is 0.463 e. The van der Waals surface area contributed by atoms with E-state index in [0.29, 0.717) is 17.3 Å². The highest BCUT2D eigenvalue weighted by molar-refractivity contribution is 5.69. The molecule has 1 fully saturated rings. The van der Waals surface area contributed by atoms with Gasteiger partial charge in [-0.05, 0) is 68.1 Å². The number of carbonyl (C=O) groups is 2. The van der Waals surface area contributed by atoms with Gasteiger partial charge < -0.3 is 14.6 Å². The molecule has 30 heavy (non-hydrogen) atoms. The molecule has 172 valence electrons. The van der Waals surface area contributed by atoms with E-state index in [9.17, 15) is 14.7 Å². The van der Waals surface area contributed by atoms with Crippen molar-refractivity contribution in [1.82, 2.24) is 0 Å². The monoisotopic (exact) mass is 422 g/mol. The molecule has 0 aromatic heterocycles. The van der Waals surface area contributed by atoms with Crippen LogP contribution in [-0.2, 0) is 19.1 Å². The van der Waals surface area contributed by atoms with E-state index in [0.717, 1.165) is 18.8 Å². The number of hydrogen-bond acceptors (Lipinski definition) is 5. The van der Waals surface area contributed by atoms with Crippen molar-refractivity contribution < 1.29 is 24.2 Å². The van der Waals surface area contributed by atoms with Crippen molar-refractivity contribution in [2.24, 2.45) is 22.7 Å². The van der Waals surface area contributed by atoms with E-state index >= 15 is 0 Å². The molecule has 4 atom stereocenters. The fraction of sp³-hybridized carbons (Fsp3) is 0.840. The molecule has 2 rings (SSSR count). The van der Waals surface area contributed by atoms with Crippen molar-refractivity contribution in [2.45, 2.75) is 99.0 Å². The van der Waals surface area contributed by atoms with Gasteiger partial charge in [0.15, 0.2) is 0 Å². The smallest absolute Gasteiger partial charge is 0.306 e. The fourth-order valence-electron chi connectivity index (χ4n) is 5.98. The minimum atomic E-state index is -0.977. The quantitative estimate of drug-likeness (QED) is 0.408. The van der Waals surface area contributed by atoms with Gasteiger partial charge in [0, 0.05) is 13.3 Å². The summed E-state index contributed by atoms with van der Waals surface area (Å²) in [6.07, 6.45) is 7.81. The molecule has 0 aromatic carbocycles. The van der Waals surface area contributed by atoms with Crippen LogP contribution in [0.15, 0.2) is 11.1 Å². The fourth-order valence-corrected chi connectivity index (χ4v) is 5.98. The van der Waals surface area contributed by atoms with Crippen LogP contribution >= 0.6 is 0 Å². The van der Waals surface area contributed by atoms with Crippen LogP contribution in [0.2, 0.25) is 0 Å². The Morgan fingerprint density at radius 2 is 1.83 bits per heavy atom. The molecule has 0 aliphatic heterocycles. The minimum absolute atomic E-state index is 0.141. The third kappa shape index (κ3) is 6.32. The van der Waals surface area contributed by atoms with Crippen LogP contribution in [-0.4, -0.2) is 36.4 Å². The van der Waals surface area contributed by atoms with Crippen molar-refractivity contribution >= 4 is 11.9 Å². The van der Waals surface area contributed by atoms with Gasteiger partial charge in [-0.3, -0.25) is 9.59 Å².